The predicted molar refractivity (Wildman–Crippen MR) is 62.4 cm³/mol. The molecular formula is C13H17NO4. The molecule has 3 aliphatic rings. The average Bonchev–Trinajstić information content (AvgIpc) is 2.92. The number of fused-ring (bicyclic) bond motifs is 5. The number of nitrogens with one attached hydrogen (secondary N) is 1. The first kappa shape index (κ1) is 11.6. The third kappa shape index (κ3) is 1.46. The molecule has 2 fully saturated rings. The van der Waals surface area contributed by atoms with E-state index in [1.807, 2.05) is 6.92 Å². The van der Waals surface area contributed by atoms with Gasteiger partial charge in [-0.25, -0.2) is 4.79 Å². The van der Waals surface area contributed by atoms with Crippen LogP contribution in [0.3, 0.4) is 0 Å². The second-order valence-corrected chi connectivity index (χ2v) is 5.36. The van der Waals surface area contributed by atoms with Gasteiger partial charge in [-0.1, -0.05) is 12.2 Å². The normalized spacial score (nSPS) is 43.8. The highest BCUT2D eigenvalue weighted by molar-refractivity contribution is 5.78. The Morgan fingerprint density at radius 1 is 1.56 bits per heavy atom. The Bertz CT molecular complexity index is 433. The summed E-state index contributed by atoms with van der Waals surface area (Å²) in [5, 5.41) is 2.57. The molecule has 0 aromatic carbocycles. The summed E-state index contributed by atoms with van der Waals surface area (Å²) in [7, 11) is 0. The van der Waals surface area contributed by atoms with Crippen molar-refractivity contribution in [3.05, 3.63) is 12.2 Å². The smallest absolute Gasteiger partial charge is 0.410 e. The number of carbonyl (C=O) groups excluding carboxylic acids is 2. The number of esters is 1. The monoisotopic (exact) mass is 251 g/mol. The Hall–Kier alpha value is -1.52. The number of cyclic esters (lactones) is 1. The van der Waals surface area contributed by atoms with Gasteiger partial charge in [-0.2, -0.15) is 0 Å². The molecule has 5 nitrogen and oxygen atoms in total. The minimum atomic E-state index is -1.12. The van der Waals surface area contributed by atoms with Crippen LogP contribution in [0.4, 0.5) is 4.79 Å². The van der Waals surface area contributed by atoms with Crippen molar-refractivity contribution in [2.75, 3.05) is 6.54 Å². The van der Waals surface area contributed by atoms with Crippen molar-refractivity contribution in [3.63, 3.8) is 0 Å². The first-order chi connectivity index (χ1) is 8.55. The number of hydrogen-bond donors (Lipinski definition) is 1. The zero-order valence-electron chi connectivity index (χ0n) is 10.5. The molecule has 18 heavy (non-hydrogen) atoms. The van der Waals surface area contributed by atoms with Gasteiger partial charge in [0, 0.05) is 13.5 Å². The van der Waals surface area contributed by atoms with E-state index < -0.39 is 11.9 Å². The molecule has 0 spiro atoms. The summed E-state index contributed by atoms with van der Waals surface area (Å²) in [6.07, 6.45) is 4.65. The van der Waals surface area contributed by atoms with E-state index in [0.717, 1.165) is 6.42 Å². The summed E-state index contributed by atoms with van der Waals surface area (Å²) in [6, 6.07) is 0. The molecule has 5 atom stereocenters. The van der Waals surface area contributed by atoms with Crippen LogP contribution in [0.2, 0.25) is 0 Å². The van der Waals surface area contributed by atoms with Gasteiger partial charge in [0.1, 0.15) is 0 Å². The Morgan fingerprint density at radius 2 is 2.28 bits per heavy atom. The number of carbonyl (C=O) groups is 2. The first-order valence-electron chi connectivity index (χ1n) is 6.43. The SMILES string of the molecule is CCNC(=O)OC1(C)OC(=O)C2C3C=CC(C3)C21. The molecule has 2 bridgehead atoms. The highest BCUT2D eigenvalue weighted by atomic mass is 16.7. The van der Waals surface area contributed by atoms with Gasteiger partial charge in [0.25, 0.3) is 5.79 Å². The van der Waals surface area contributed by atoms with Crippen LogP contribution in [-0.4, -0.2) is 24.4 Å². The molecule has 1 saturated heterocycles. The highest BCUT2D eigenvalue weighted by Gasteiger charge is 2.65. The van der Waals surface area contributed by atoms with Crippen molar-refractivity contribution < 1.29 is 19.1 Å². The van der Waals surface area contributed by atoms with Crippen molar-refractivity contribution in [1.82, 2.24) is 5.32 Å². The van der Waals surface area contributed by atoms with Crippen molar-refractivity contribution >= 4 is 12.1 Å². The quantitative estimate of drug-likeness (QED) is 0.596. The zero-order chi connectivity index (χ0) is 12.9. The van der Waals surface area contributed by atoms with Crippen LogP contribution in [0.1, 0.15) is 20.3 Å². The lowest BCUT2D eigenvalue weighted by molar-refractivity contribution is -0.195. The molecular weight excluding hydrogens is 234 g/mol. The van der Waals surface area contributed by atoms with E-state index in [9.17, 15) is 9.59 Å². The molecule has 1 aliphatic heterocycles. The number of alkyl carbamates (subject to hydrolysis) is 1. The molecule has 1 amide bonds. The molecule has 1 heterocycles. The maximum Gasteiger partial charge on any atom is 0.410 e. The average molecular weight is 251 g/mol. The van der Waals surface area contributed by atoms with Gasteiger partial charge in [0.15, 0.2) is 0 Å². The fraction of sp³-hybridized carbons (Fsp3) is 0.692. The summed E-state index contributed by atoms with van der Waals surface area (Å²) in [6.45, 7) is 4.00. The van der Waals surface area contributed by atoms with Crippen molar-refractivity contribution in [1.29, 1.82) is 0 Å². The lowest BCUT2D eigenvalue weighted by atomic mass is 9.80. The zero-order valence-corrected chi connectivity index (χ0v) is 10.5. The van der Waals surface area contributed by atoms with Crippen LogP contribution < -0.4 is 5.32 Å². The molecule has 2 aliphatic carbocycles. The second kappa shape index (κ2) is 3.73. The maximum absolute atomic E-state index is 11.9. The molecule has 5 heteroatoms. The van der Waals surface area contributed by atoms with Crippen molar-refractivity contribution in [3.8, 4) is 0 Å². The Morgan fingerprint density at radius 3 is 3.00 bits per heavy atom. The minimum absolute atomic E-state index is 0.0393. The number of hydrogen-bond acceptors (Lipinski definition) is 4. The fourth-order valence-electron chi connectivity index (χ4n) is 3.65. The Kier molecular flexibility index (Phi) is 2.40. The summed E-state index contributed by atoms with van der Waals surface area (Å²) in [5.74, 6) is -0.991. The minimum Gasteiger partial charge on any atom is -0.422 e. The molecule has 0 radical (unpaired) electrons. The highest BCUT2D eigenvalue weighted by Crippen LogP contribution is 2.57. The van der Waals surface area contributed by atoms with Gasteiger partial charge in [-0.3, -0.25) is 4.79 Å². The molecule has 1 N–H and O–H groups in total. The van der Waals surface area contributed by atoms with E-state index in [4.69, 9.17) is 9.47 Å². The molecule has 0 aromatic heterocycles. The Labute approximate surface area is 106 Å². The standard InChI is InChI=1S/C13H17NO4/c1-3-14-12(16)18-13(2)10-8-5-4-7(6-8)9(10)11(15)17-13/h4-5,7-10H,3,6H2,1-2H3,(H,14,16). The fourth-order valence-corrected chi connectivity index (χ4v) is 3.65. The van der Waals surface area contributed by atoms with Crippen molar-refractivity contribution in [2.24, 2.45) is 23.7 Å². The van der Waals surface area contributed by atoms with Crippen LogP contribution in [0.25, 0.3) is 0 Å². The van der Waals surface area contributed by atoms with Gasteiger partial charge in [-0.15, -0.1) is 0 Å². The third-order valence-electron chi connectivity index (χ3n) is 4.26. The van der Waals surface area contributed by atoms with E-state index in [2.05, 4.69) is 17.5 Å². The van der Waals surface area contributed by atoms with E-state index in [-0.39, 0.29) is 29.6 Å². The number of rotatable bonds is 2. The van der Waals surface area contributed by atoms with Crippen LogP contribution in [-0.2, 0) is 14.3 Å². The van der Waals surface area contributed by atoms with Crippen molar-refractivity contribution in [2.45, 2.75) is 26.1 Å². The summed E-state index contributed by atoms with van der Waals surface area (Å²) >= 11 is 0. The topological polar surface area (TPSA) is 64.6 Å². The summed E-state index contributed by atoms with van der Waals surface area (Å²) < 4.78 is 10.7. The molecule has 3 rings (SSSR count). The van der Waals surface area contributed by atoms with Gasteiger partial charge in [0.05, 0.1) is 11.8 Å². The number of allylic oxidation sites excluding steroid dienone is 2. The number of amides is 1. The molecule has 1 saturated carbocycles. The lowest BCUT2D eigenvalue weighted by Crippen LogP contribution is -2.43. The lowest BCUT2D eigenvalue weighted by Gasteiger charge is -2.31. The third-order valence-corrected chi connectivity index (χ3v) is 4.26. The van der Waals surface area contributed by atoms with Crippen LogP contribution in [0, 0.1) is 23.7 Å². The maximum atomic E-state index is 11.9. The molecule has 0 aromatic rings. The Balaban J connectivity index is 1.83. The summed E-state index contributed by atoms with van der Waals surface area (Å²) in [4.78, 5) is 23.5. The molecule has 5 unspecified atom stereocenters. The second-order valence-electron chi connectivity index (χ2n) is 5.36. The van der Waals surface area contributed by atoms with E-state index in [1.165, 1.54) is 0 Å². The number of ether oxygens (including phenoxy) is 2. The van der Waals surface area contributed by atoms with Crippen LogP contribution >= 0.6 is 0 Å². The first-order valence-corrected chi connectivity index (χ1v) is 6.43. The van der Waals surface area contributed by atoms with Crippen LogP contribution in [0.5, 0.6) is 0 Å². The predicted octanol–water partition coefficient (Wildman–Crippen LogP) is 1.44. The van der Waals surface area contributed by atoms with Crippen LogP contribution in [0.15, 0.2) is 12.2 Å². The molecule has 98 valence electrons. The summed E-state index contributed by atoms with van der Waals surface area (Å²) in [5.41, 5.74) is 0. The largest absolute Gasteiger partial charge is 0.422 e. The van der Waals surface area contributed by atoms with Gasteiger partial charge < -0.3 is 14.8 Å². The van der Waals surface area contributed by atoms with Gasteiger partial charge in [-0.05, 0) is 25.2 Å². The van der Waals surface area contributed by atoms with E-state index in [1.54, 1.807) is 6.92 Å². The van der Waals surface area contributed by atoms with Gasteiger partial charge >= 0.3 is 12.1 Å². The van der Waals surface area contributed by atoms with Gasteiger partial charge in [0.2, 0.25) is 0 Å². The van der Waals surface area contributed by atoms with E-state index >= 15 is 0 Å². The van der Waals surface area contributed by atoms with E-state index in [0.29, 0.717) is 6.54 Å².